The summed E-state index contributed by atoms with van der Waals surface area (Å²) in [5, 5.41) is 10.7. The Morgan fingerprint density at radius 3 is 2.09 bits per heavy atom. The Morgan fingerprint density at radius 1 is 0.463 bits per heavy atom. The van der Waals surface area contributed by atoms with Crippen LogP contribution in [0.5, 0.6) is 0 Å². The predicted octanol–water partition coefficient (Wildman–Crippen LogP) is 13.3. The largest absolute Gasteiger partial charge is 0.309 e. The average molecular weight is 705 g/mol. The zero-order valence-corrected chi connectivity index (χ0v) is 29.7. The molecule has 0 spiro atoms. The minimum absolute atomic E-state index is 0.914. The number of aromatic nitrogens is 4. The number of thiophene rings is 1. The maximum Gasteiger partial charge on any atom is 0.0970 e. The Bertz CT molecular complexity index is 3510. The first-order chi connectivity index (χ1) is 26.8. The molecule has 0 aliphatic carbocycles. The van der Waals surface area contributed by atoms with Gasteiger partial charge in [0.25, 0.3) is 0 Å². The lowest BCUT2D eigenvalue weighted by Gasteiger charge is -2.16. The lowest BCUT2D eigenvalue weighted by atomic mass is 9.90. The lowest BCUT2D eigenvalue weighted by molar-refractivity contribution is 1.18. The molecule has 0 aliphatic rings. The number of benzene rings is 7. The first-order valence-electron chi connectivity index (χ1n) is 18.2. The van der Waals surface area contributed by atoms with Gasteiger partial charge in [0.05, 0.1) is 33.3 Å². The van der Waals surface area contributed by atoms with E-state index in [4.69, 9.17) is 15.0 Å². The number of hydrogen-bond acceptors (Lipinski definition) is 4. The SMILES string of the molecule is c1ccc(-n2c3ccccc3c3cc(-c4nc5ccccc5c5c4cc(-c4cc6cccnc6c6ncccc46)c4sc6ccccc6c45)ccc32)cc1. The second kappa shape index (κ2) is 11.3. The van der Waals surface area contributed by atoms with Gasteiger partial charge in [0, 0.05) is 87.1 Å². The Labute approximate surface area is 313 Å². The normalized spacial score (nSPS) is 12.1. The van der Waals surface area contributed by atoms with Crippen LogP contribution in [0.4, 0.5) is 0 Å². The molecule has 0 radical (unpaired) electrons. The molecule has 12 aromatic rings. The van der Waals surface area contributed by atoms with Crippen molar-refractivity contribution in [1.82, 2.24) is 19.5 Å². The summed E-state index contributed by atoms with van der Waals surface area (Å²) in [6, 6.07) is 56.8. The summed E-state index contributed by atoms with van der Waals surface area (Å²) >= 11 is 1.87. The number of hydrogen-bond donors (Lipinski definition) is 0. The molecule has 0 unspecified atom stereocenters. The Hall–Kier alpha value is -6.95. The van der Waals surface area contributed by atoms with Crippen molar-refractivity contribution < 1.29 is 0 Å². The topological polar surface area (TPSA) is 43.6 Å². The highest BCUT2D eigenvalue weighted by atomic mass is 32.1. The summed E-state index contributed by atoms with van der Waals surface area (Å²) in [7, 11) is 0. The number of fused-ring (bicyclic) bond motifs is 13. The molecule has 0 saturated carbocycles. The Morgan fingerprint density at radius 2 is 1.19 bits per heavy atom. The fraction of sp³-hybridized carbons (Fsp3) is 0. The van der Waals surface area contributed by atoms with E-state index in [0.29, 0.717) is 0 Å². The van der Waals surface area contributed by atoms with Crippen molar-refractivity contribution in [1.29, 1.82) is 0 Å². The van der Waals surface area contributed by atoms with Crippen LogP contribution in [0.1, 0.15) is 0 Å². The van der Waals surface area contributed by atoms with Crippen molar-refractivity contribution in [2.24, 2.45) is 0 Å². The highest BCUT2D eigenvalue weighted by molar-refractivity contribution is 7.26. The minimum atomic E-state index is 0.914. The third-order valence-corrected chi connectivity index (χ3v) is 12.2. The van der Waals surface area contributed by atoms with Crippen LogP contribution in [0.25, 0.3) is 114 Å². The van der Waals surface area contributed by atoms with Crippen LogP contribution in [0.3, 0.4) is 0 Å². The fourth-order valence-corrected chi connectivity index (χ4v) is 9.96. The molecule has 0 bridgehead atoms. The van der Waals surface area contributed by atoms with Crippen molar-refractivity contribution in [3.05, 3.63) is 170 Å². The molecule has 0 fully saturated rings. The third kappa shape index (κ3) is 4.15. The standard InChI is InChI=1S/C49H28N4S/c1-2-13-31(14-3-1)53-41-20-8-5-15-32(41)37-27-30(22-23-42(37)53)46-39-28-38(36-26-29-12-10-24-50-47(29)48-33(36)18-11-25-51-48)49-45(35-17-6-9-21-43(35)54-49)44(39)34-16-4-7-19-40(34)52-46/h1-28H. The van der Waals surface area contributed by atoms with Crippen LogP contribution >= 0.6 is 11.3 Å². The molecule has 0 N–H and O–H groups in total. The van der Waals surface area contributed by atoms with E-state index >= 15 is 0 Å². The molecule has 0 atom stereocenters. The number of pyridine rings is 3. The highest BCUT2D eigenvalue weighted by Crippen LogP contribution is 2.49. The maximum atomic E-state index is 5.52. The maximum absolute atomic E-state index is 5.52. The van der Waals surface area contributed by atoms with Crippen LogP contribution in [0.15, 0.2) is 170 Å². The van der Waals surface area contributed by atoms with E-state index in [2.05, 4.69) is 150 Å². The van der Waals surface area contributed by atoms with Crippen LogP contribution in [-0.4, -0.2) is 19.5 Å². The van der Waals surface area contributed by atoms with Gasteiger partial charge in [-0.3, -0.25) is 9.97 Å². The van der Waals surface area contributed by atoms with Gasteiger partial charge in [0.2, 0.25) is 0 Å². The minimum Gasteiger partial charge on any atom is -0.309 e. The van der Waals surface area contributed by atoms with Crippen LogP contribution in [0, 0.1) is 0 Å². The van der Waals surface area contributed by atoms with Crippen molar-refractivity contribution in [2.45, 2.75) is 0 Å². The lowest BCUT2D eigenvalue weighted by Crippen LogP contribution is -1.94. The monoisotopic (exact) mass is 704 g/mol. The summed E-state index contributed by atoms with van der Waals surface area (Å²) in [5.74, 6) is 0. The van der Waals surface area contributed by atoms with E-state index in [-0.39, 0.29) is 0 Å². The molecule has 0 saturated heterocycles. The molecule has 0 aliphatic heterocycles. The third-order valence-electron chi connectivity index (χ3n) is 11.0. The summed E-state index contributed by atoms with van der Waals surface area (Å²) in [6.45, 7) is 0. The summed E-state index contributed by atoms with van der Waals surface area (Å²) in [6.07, 6.45) is 3.72. The first-order valence-corrected chi connectivity index (χ1v) is 19.0. The molecule has 12 rings (SSSR count). The zero-order valence-electron chi connectivity index (χ0n) is 28.9. The van der Waals surface area contributed by atoms with Gasteiger partial charge in [-0.1, -0.05) is 91.0 Å². The molecule has 54 heavy (non-hydrogen) atoms. The first kappa shape index (κ1) is 29.6. The molecule has 250 valence electrons. The van der Waals surface area contributed by atoms with Gasteiger partial charge in [-0.2, -0.15) is 0 Å². The molecule has 5 heteroatoms. The Balaban J connectivity index is 1.25. The van der Waals surface area contributed by atoms with Gasteiger partial charge in [-0.05, 0) is 72.3 Å². The van der Waals surface area contributed by atoms with Gasteiger partial charge < -0.3 is 4.57 Å². The van der Waals surface area contributed by atoms with Crippen molar-refractivity contribution in [3.8, 4) is 28.1 Å². The summed E-state index contributed by atoms with van der Waals surface area (Å²) < 4.78 is 4.90. The van der Waals surface area contributed by atoms with Crippen molar-refractivity contribution >= 4 is 96.8 Å². The van der Waals surface area contributed by atoms with E-state index < -0.39 is 0 Å². The number of nitrogens with zero attached hydrogens (tertiary/aromatic N) is 4. The summed E-state index contributed by atoms with van der Waals surface area (Å²) in [4.78, 5) is 15.2. The molecule has 0 amide bonds. The summed E-state index contributed by atoms with van der Waals surface area (Å²) in [5.41, 5.74) is 10.7. The Kier molecular flexibility index (Phi) is 6.18. The average Bonchev–Trinajstić information content (AvgIpc) is 3.79. The molecular formula is C49H28N4S. The van der Waals surface area contributed by atoms with E-state index in [0.717, 1.165) is 60.6 Å². The molecule has 5 heterocycles. The number of para-hydroxylation sites is 3. The van der Waals surface area contributed by atoms with Crippen molar-refractivity contribution in [2.75, 3.05) is 0 Å². The molecular weight excluding hydrogens is 677 g/mol. The quantitative estimate of drug-likeness (QED) is 0.172. The van der Waals surface area contributed by atoms with Gasteiger partial charge >= 0.3 is 0 Å². The van der Waals surface area contributed by atoms with E-state index in [1.165, 1.54) is 52.9 Å². The fourth-order valence-electron chi connectivity index (χ4n) is 8.72. The van der Waals surface area contributed by atoms with E-state index in [9.17, 15) is 0 Å². The molecule has 7 aromatic carbocycles. The molecule has 4 nitrogen and oxygen atoms in total. The smallest absolute Gasteiger partial charge is 0.0970 e. The number of rotatable bonds is 3. The van der Waals surface area contributed by atoms with Crippen LogP contribution in [-0.2, 0) is 0 Å². The van der Waals surface area contributed by atoms with Gasteiger partial charge in [0.15, 0.2) is 0 Å². The van der Waals surface area contributed by atoms with Gasteiger partial charge in [0.1, 0.15) is 0 Å². The molecule has 5 aromatic heterocycles. The van der Waals surface area contributed by atoms with E-state index in [1.54, 1.807) is 0 Å². The van der Waals surface area contributed by atoms with Crippen molar-refractivity contribution in [3.63, 3.8) is 0 Å². The second-order valence-electron chi connectivity index (χ2n) is 13.9. The predicted molar refractivity (Wildman–Crippen MR) is 228 cm³/mol. The highest BCUT2D eigenvalue weighted by Gasteiger charge is 2.23. The van der Waals surface area contributed by atoms with Gasteiger partial charge in [-0.25, -0.2) is 4.98 Å². The van der Waals surface area contributed by atoms with Crippen LogP contribution in [0.2, 0.25) is 0 Å². The van der Waals surface area contributed by atoms with Gasteiger partial charge in [-0.15, -0.1) is 11.3 Å². The van der Waals surface area contributed by atoms with E-state index in [1.807, 2.05) is 35.9 Å². The zero-order chi connectivity index (χ0) is 35.3. The second-order valence-corrected chi connectivity index (χ2v) is 15.0. The van der Waals surface area contributed by atoms with Crippen LogP contribution < -0.4 is 0 Å².